The summed E-state index contributed by atoms with van der Waals surface area (Å²) in [7, 11) is -1.20. The van der Waals surface area contributed by atoms with Gasteiger partial charge in [-0.1, -0.05) is 24.3 Å². The number of rotatable bonds is 6. The fourth-order valence-electron chi connectivity index (χ4n) is 1.94. The molecule has 0 fully saturated rings. The minimum Gasteiger partial charge on any atom is -0.435 e. The van der Waals surface area contributed by atoms with E-state index in [1.54, 1.807) is 31.2 Å². The molecular formula is C16H15F3O2S. The first-order valence-corrected chi connectivity index (χ1v) is 8.00. The van der Waals surface area contributed by atoms with Crippen LogP contribution in [0.3, 0.4) is 0 Å². The van der Waals surface area contributed by atoms with E-state index in [4.69, 9.17) is 0 Å². The zero-order valence-electron chi connectivity index (χ0n) is 11.8. The summed E-state index contributed by atoms with van der Waals surface area (Å²) in [5.74, 6) is 0.0144. The number of hydrogen-bond donors (Lipinski definition) is 0. The molecule has 2 rings (SSSR count). The van der Waals surface area contributed by atoms with Gasteiger partial charge in [0.25, 0.3) is 0 Å². The Balaban J connectivity index is 2.00. The Hall–Kier alpha value is -1.82. The Bertz CT molecular complexity index is 627. The maximum atomic E-state index is 12.9. The summed E-state index contributed by atoms with van der Waals surface area (Å²) < 4.78 is 53.6. The maximum absolute atomic E-state index is 12.9. The van der Waals surface area contributed by atoms with E-state index in [9.17, 15) is 17.4 Å². The van der Waals surface area contributed by atoms with Gasteiger partial charge in [0.2, 0.25) is 0 Å². The molecule has 0 bridgehead atoms. The Morgan fingerprint density at radius 1 is 1.05 bits per heavy atom. The summed E-state index contributed by atoms with van der Waals surface area (Å²) in [6, 6.07) is 11.9. The monoisotopic (exact) mass is 328 g/mol. The predicted octanol–water partition coefficient (Wildman–Crippen LogP) is 4.44. The lowest BCUT2D eigenvalue weighted by Gasteiger charge is -2.12. The molecule has 0 heterocycles. The predicted molar refractivity (Wildman–Crippen MR) is 79.7 cm³/mol. The average Bonchev–Trinajstić information content (AvgIpc) is 2.49. The second kappa shape index (κ2) is 7.45. The van der Waals surface area contributed by atoms with Crippen LogP contribution in [0, 0.1) is 5.82 Å². The fraction of sp³-hybridized carbons (Fsp3) is 0.250. The smallest absolute Gasteiger partial charge is 0.387 e. The van der Waals surface area contributed by atoms with Crippen LogP contribution in [0.1, 0.15) is 23.3 Å². The lowest BCUT2D eigenvalue weighted by atomic mass is 10.2. The van der Waals surface area contributed by atoms with Crippen LogP contribution in [0.25, 0.3) is 0 Å². The molecule has 0 amide bonds. The van der Waals surface area contributed by atoms with E-state index in [0.717, 1.165) is 11.1 Å². The van der Waals surface area contributed by atoms with Crippen molar-refractivity contribution in [1.29, 1.82) is 0 Å². The normalized spacial score (nSPS) is 13.9. The molecule has 0 unspecified atom stereocenters. The van der Waals surface area contributed by atoms with Gasteiger partial charge in [0.1, 0.15) is 11.6 Å². The molecule has 0 aliphatic rings. The van der Waals surface area contributed by atoms with Crippen LogP contribution in [0.15, 0.2) is 48.5 Å². The van der Waals surface area contributed by atoms with Crippen molar-refractivity contribution in [3.05, 3.63) is 65.5 Å². The van der Waals surface area contributed by atoms with Crippen molar-refractivity contribution < 1.29 is 22.1 Å². The van der Waals surface area contributed by atoms with Crippen LogP contribution in [-0.2, 0) is 16.6 Å². The standard InChI is InChI=1S/C16H15F3O2S/c1-11(13-4-6-14(17)7-5-13)22(20)10-12-2-8-15(9-3-12)21-16(18)19/h2-9,11,16H,10H2,1H3/t11-,22+/m0/s1. The summed E-state index contributed by atoms with van der Waals surface area (Å²) >= 11 is 0. The second-order valence-corrected chi connectivity index (χ2v) is 6.50. The Kier molecular flexibility index (Phi) is 5.60. The van der Waals surface area contributed by atoms with Crippen molar-refractivity contribution in [1.82, 2.24) is 0 Å². The number of ether oxygens (including phenoxy) is 1. The molecular weight excluding hydrogens is 313 g/mol. The first-order valence-electron chi connectivity index (χ1n) is 6.62. The van der Waals surface area contributed by atoms with Crippen LogP contribution >= 0.6 is 0 Å². The van der Waals surface area contributed by atoms with Gasteiger partial charge >= 0.3 is 6.61 Å². The first-order chi connectivity index (χ1) is 10.5. The zero-order chi connectivity index (χ0) is 16.1. The van der Waals surface area contributed by atoms with Crippen molar-refractivity contribution in [3.63, 3.8) is 0 Å². The van der Waals surface area contributed by atoms with Gasteiger partial charge in [0.15, 0.2) is 0 Å². The van der Waals surface area contributed by atoms with Gasteiger partial charge < -0.3 is 4.74 Å². The highest BCUT2D eigenvalue weighted by Gasteiger charge is 2.14. The van der Waals surface area contributed by atoms with E-state index >= 15 is 0 Å². The lowest BCUT2D eigenvalue weighted by molar-refractivity contribution is -0.0498. The molecule has 2 atom stereocenters. The number of halogens is 3. The van der Waals surface area contributed by atoms with Gasteiger partial charge in [-0.25, -0.2) is 4.39 Å². The van der Waals surface area contributed by atoms with Crippen LogP contribution < -0.4 is 4.74 Å². The van der Waals surface area contributed by atoms with Crippen LogP contribution in [0.4, 0.5) is 13.2 Å². The maximum Gasteiger partial charge on any atom is 0.387 e. The summed E-state index contributed by atoms with van der Waals surface area (Å²) in [5, 5.41) is -0.252. The second-order valence-electron chi connectivity index (χ2n) is 4.74. The van der Waals surface area contributed by atoms with Gasteiger partial charge in [-0.15, -0.1) is 0 Å². The van der Waals surface area contributed by atoms with Gasteiger partial charge in [0.05, 0.1) is 5.25 Å². The van der Waals surface area contributed by atoms with Crippen LogP contribution in [-0.4, -0.2) is 10.8 Å². The SMILES string of the molecule is C[C@@H](c1ccc(F)cc1)[S@](=O)Cc1ccc(OC(F)F)cc1. The third-order valence-electron chi connectivity index (χ3n) is 3.19. The van der Waals surface area contributed by atoms with Crippen LogP contribution in [0.5, 0.6) is 5.75 Å². The minimum atomic E-state index is -2.86. The van der Waals surface area contributed by atoms with E-state index in [1.807, 2.05) is 0 Å². The quantitative estimate of drug-likeness (QED) is 0.784. The molecule has 22 heavy (non-hydrogen) atoms. The summed E-state index contributed by atoms with van der Waals surface area (Å²) in [6.45, 7) is -1.06. The highest BCUT2D eigenvalue weighted by atomic mass is 32.2. The van der Waals surface area contributed by atoms with Crippen molar-refractivity contribution in [3.8, 4) is 5.75 Å². The van der Waals surface area contributed by atoms with E-state index in [0.29, 0.717) is 0 Å². The average molecular weight is 328 g/mol. The molecule has 0 aromatic heterocycles. The Morgan fingerprint density at radius 2 is 1.64 bits per heavy atom. The molecule has 0 N–H and O–H groups in total. The first kappa shape index (κ1) is 16.5. The molecule has 0 spiro atoms. The minimum absolute atomic E-state index is 0.0658. The lowest BCUT2D eigenvalue weighted by Crippen LogP contribution is -2.06. The highest BCUT2D eigenvalue weighted by molar-refractivity contribution is 7.84. The largest absolute Gasteiger partial charge is 0.435 e. The van der Waals surface area contributed by atoms with Gasteiger partial charge in [0, 0.05) is 16.6 Å². The molecule has 2 aromatic carbocycles. The van der Waals surface area contributed by atoms with E-state index in [-0.39, 0.29) is 22.6 Å². The summed E-state index contributed by atoms with van der Waals surface area (Å²) in [6.07, 6.45) is 0. The van der Waals surface area contributed by atoms with Crippen molar-refractivity contribution in [2.45, 2.75) is 24.5 Å². The third kappa shape index (κ3) is 4.59. The number of hydrogen-bond acceptors (Lipinski definition) is 2. The molecule has 0 radical (unpaired) electrons. The highest BCUT2D eigenvalue weighted by Crippen LogP contribution is 2.23. The zero-order valence-corrected chi connectivity index (χ0v) is 12.7. The Morgan fingerprint density at radius 3 is 2.18 bits per heavy atom. The summed E-state index contributed by atoms with van der Waals surface area (Å²) in [4.78, 5) is 0. The van der Waals surface area contributed by atoms with E-state index in [2.05, 4.69) is 4.74 Å². The fourth-order valence-corrected chi connectivity index (χ4v) is 3.17. The molecule has 6 heteroatoms. The van der Waals surface area contributed by atoms with Crippen molar-refractivity contribution in [2.24, 2.45) is 0 Å². The van der Waals surface area contributed by atoms with E-state index in [1.165, 1.54) is 24.3 Å². The molecule has 2 aromatic rings. The Labute approximate surface area is 129 Å². The van der Waals surface area contributed by atoms with Crippen molar-refractivity contribution in [2.75, 3.05) is 0 Å². The third-order valence-corrected chi connectivity index (χ3v) is 4.87. The molecule has 0 saturated heterocycles. The molecule has 0 saturated carbocycles. The molecule has 118 valence electrons. The van der Waals surface area contributed by atoms with Gasteiger partial charge in [-0.3, -0.25) is 4.21 Å². The molecule has 0 aliphatic heterocycles. The van der Waals surface area contributed by atoms with Gasteiger partial charge in [-0.05, 0) is 42.3 Å². The van der Waals surface area contributed by atoms with Gasteiger partial charge in [-0.2, -0.15) is 8.78 Å². The molecule has 0 aliphatic carbocycles. The molecule has 2 nitrogen and oxygen atoms in total. The van der Waals surface area contributed by atoms with Crippen molar-refractivity contribution >= 4 is 10.8 Å². The van der Waals surface area contributed by atoms with E-state index < -0.39 is 17.4 Å². The number of alkyl halides is 2. The number of benzene rings is 2. The van der Waals surface area contributed by atoms with Crippen LogP contribution in [0.2, 0.25) is 0 Å². The topological polar surface area (TPSA) is 26.3 Å². The summed E-state index contributed by atoms with van der Waals surface area (Å²) in [5.41, 5.74) is 1.55.